The molecule has 0 aromatic heterocycles. The topological polar surface area (TPSA) is 69.2 Å². The minimum atomic E-state index is -2.85. The van der Waals surface area contributed by atoms with Crippen molar-refractivity contribution in [3.63, 3.8) is 0 Å². The number of benzene rings is 1. The number of nitrogens with zero attached hydrogens (tertiary/aromatic N) is 1. The van der Waals surface area contributed by atoms with Gasteiger partial charge in [0, 0.05) is 12.5 Å². The van der Waals surface area contributed by atoms with Gasteiger partial charge in [0.05, 0.1) is 16.5 Å². The van der Waals surface area contributed by atoms with Gasteiger partial charge in [0.2, 0.25) is 0 Å². The highest BCUT2D eigenvalue weighted by atomic mass is 19.3. The van der Waals surface area contributed by atoms with E-state index >= 15 is 0 Å². The highest BCUT2D eigenvalue weighted by Crippen LogP contribution is 2.23. The van der Waals surface area contributed by atoms with E-state index in [9.17, 15) is 23.3 Å². The van der Waals surface area contributed by atoms with Crippen LogP contribution in [0.3, 0.4) is 0 Å². The lowest BCUT2D eigenvalue weighted by Crippen LogP contribution is -2.31. The number of halogens is 3. The van der Waals surface area contributed by atoms with E-state index in [0.717, 1.165) is 18.2 Å². The Morgan fingerprint density at radius 1 is 1.44 bits per heavy atom. The molecule has 1 rings (SSSR count). The number of nitrogens with two attached hydrogens (primary N) is 1. The number of hydrogen-bond donors (Lipinski definition) is 1. The van der Waals surface area contributed by atoms with Gasteiger partial charge in [-0.1, -0.05) is 6.07 Å². The van der Waals surface area contributed by atoms with E-state index in [4.69, 9.17) is 5.73 Å². The Kier molecular flexibility index (Phi) is 3.83. The molecule has 88 valence electrons. The molecule has 0 heterocycles. The molecule has 0 saturated heterocycles. The van der Waals surface area contributed by atoms with Gasteiger partial charge in [-0.25, -0.2) is 13.2 Å². The summed E-state index contributed by atoms with van der Waals surface area (Å²) in [7, 11) is 0. The number of rotatable bonds is 4. The molecule has 7 heteroatoms. The molecule has 1 unspecified atom stereocenters. The highest BCUT2D eigenvalue weighted by molar-refractivity contribution is 5.41. The Balaban J connectivity index is 3.06. The summed E-state index contributed by atoms with van der Waals surface area (Å²) in [5.74, 6) is -0.898. The third-order valence-electron chi connectivity index (χ3n) is 2.05. The van der Waals surface area contributed by atoms with Crippen molar-refractivity contribution in [3.05, 3.63) is 39.7 Å². The summed E-state index contributed by atoms with van der Waals surface area (Å²) in [5, 5.41) is 10.5. The molecule has 1 aromatic rings. The van der Waals surface area contributed by atoms with E-state index in [1.807, 2.05) is 0 Å². The Morgan fingerprint density at radius 2 is 2.06 bits per heavy atom. The Labute approximate surface area is 89.0 Å². The molecule has 4 nitrogen and oxygen atoms in total. The second-order valence-electron chi connectivity index (χ2n) is 3.20. The molecule has 0 radical (unpaired) electrons. The molecule has 16 heavy (non-hydrogen) atoms. The van der Waals surface area contributed by atoms with Gasteiger partial charge >= 0.3 is 0 Å². The van der Waals surface area contributed by atoms with E-state index in [2.05, 4.69) is 0 Å². The van der Waals surface area contributed by atoms with E-state index < -0.39 is 35.3 Å². The first-order chi connectivity index (χ1) is 7.43. The van der Waals surface area contributed by atoms with Gasteiger partial charge in [0.1, 0.15) is 5.82 Å². The van der Waals surface area contributed by atoms with Gasteiger partial charge in [-0.2, -0.15) is 0 Å². The van der Waals surface area contributed by atoms with Crippen LogP contribution in [0.5, 0.6) is 0 Å². The van der Waals surface area contributed by atoms with Crippen LogP contribution in [0.2, 0.25) is 0 Å². The summed E-state index contributed by atoms with van der Waals surface area (Å²) in [6.45, 7) is 0. The third-order valence-corrected chi connectivity index (χ3v) is 2.05. The van der Waals surface area contributed by atoms with Crippen molar-refractivity contribution in [2.45, 2.75) is 18.9 Å². The normalized spacial score (nSPS) is 12.8. The second-order valence-corrected chi connectivity index (χ2v) is 3.20. The van der Waals surface area contributed by atoms with Crippen LogP contribution in [0.1, 0.15) is 5.56 Å². The average Bonchev–Trinajstić information content (AvgIpc) is 2.20. The quantitative estimate of drug-likeness (QED) is 0.638. The number of nitro groups is 1. The van der Waals surface area contributed by atoms with Gasteiger partial charge in [-0.05, 0) is 6.07 Å². The van der Waals surface area contributed by atoms with Crippen molar-refractivity contribution in [1.82, 2.24) is 0 Å². The van der Waals surface area contributed by atoms with Crippen molar-refractivity contribution < 1.29 is 18.1 Å². The van der Waals surface area contributed by atoms with Gasteiger partial charge in [-0.3, -0.25) is 10.1 Å². The fourth-order valence-corrected chi connectivity index (χ4v) is 1.25. The summed E-state index contributed by atoms with van der Waals surface area (Å²) in [6.07, 6.45) is -3.42. The van der Waals surface area contributed by atoms with Crippen molar-refractivity contribution in [3.8, 4) is 0 Å². The fraction of sp³-hybridized carbons (Fsp3) is 0.333. The van der Waals surface area contributed by atoms with Crippen molar-refractivity contribution in [2.75, 3.05) is 0 Å². The largest absolute Gasteiger partial charge is 0.323 e. The molecule has 0 saturated carbocycles. The van der Waals surface area contributed by atoms with E-state index in [0.29, 0.717) is 0 Å². The maximum absolute atomic E-state index is 13.2. The van der Waals surface area contributed by atoms with Crippen molar-refractivity contribution >= 4 is 5.69 Å². The molecule has 2 N–H and O–H groups in total. The minimum Gasteiger partial charge on any atom is -0.323 e. The van der Waals surface area contributed by atoms with Crippen LogP contribution >= 0.6 is 0 Å². The van der Waals surface area contributed by atoms with Crippen LogP contribution in [0.4, 0.5) is 18.9 Å². The monoisotopic (exact) mass is 234 g/mol. The number of alkyl halides is 2. The molecule has 0 aliphatic rings. The van der Waals surface area contributed by atoms with Crippen LogP contribution in [0, 0.1) is 15.9 Å². The molecule has 0 aliphatic heterocycles. The second kappa shape index (κ2) is 4.93. The molecule has 0 spiro atoms. The zero-order valence-electron chi connectivity index (χ0n) is 8.07. The van der Waals surface area contributed by atoms with E-state index in [-0.39, 0.29) is 5.56 Å². The molecule has 0 bridgehead atoms. The first kappa shape index (κ1) is 12.4. The molecule has 0 aliphatic carbocycles. The Morgan fingerprint density at radius 3 is 2.56 bits per heavy atom. The Hall–Kier alpha value is -1.63. The summed E-state index contributed by atoms with van der Waals surface area (Å²) in [5.41, 5.74) is 4.13. The fourth-order valence-electron chi connectivity index (χ4n) is 1.25. The maximum atomic E-state index is 13.2. The lowest BCUT2D eigenvalue weighted by atomic mass is 10.0. The van der Waals surface area contributed by atoms with E-state index in [1.165, 1.54) is 0 Å². The van der Waals surface area contributed by atoms with Crippen molar-refractivity contribution in [1.29, 1.82) is 0 Å². The third kappa shape index (κ3) is 2.69. The van der Waals surface area contributed by atoms with Crippen LogP contribution in [0.15, 0.2) is 18.2 Å². The van der Waals surface area contributed by atoms with Crippen LogP contribution < -0.4 is 5.73 Å². The lowest BCUT2D eigenvalue weighted by Gasteiger charge is -2.10. The minimum absolute atomic E-state index is 0.389. The highest BCUT2D eigenvalue weighted by Gasteiger charge is 2.24. The van der Waals surface area contributed by atoms with Crippen LogP contribution in [-0.4, -0.2) is 17.4 Å². The van der Waals surface area contributed by atoms with Crippen molar-refractivity contribution in [2.24, 2.45) is 5.73 Å². The predicted molar refractivity (Wildman–Crippen MR) is 50.7 cm³/mol. The van der Waals surface area contributed by atoms with Gasteiger partial charge < -0.3 is 5.73 Å². The SMILES string of the molecule is NC(Cc1c(F)cccc1[N+](=O)[O-])C(F)F. The molecule has 0 fully saturated rings. The predicted octanol–water partition coefficient (Wildman–Crippen LogP) is 1.87. The van der Waals surface area contributed by atoms with E-state index in [1.54, 1.807) is 0 Å². The maximum Gasteiger partial charge on any atom is 0.275 e. The molecule has 1 atom stereocenters. The number of nitro benzene ring substituents is 1. The zero-order valence-corrected chi connectivity index (χ0v) is 8.07. The van der Waals surface area contributed by atoms with Gasteiger partial charge in [-0.15, -0.1) is 0 Å². The summed E-state index contributed by atoms with van der Waals surface area (Å²) in [4.78, 5) is 9.71. The van der Waals surface area contributed by atoms with Crippen LogP contribution in [0.25, 0.3) is 0 Å². The summed E-state index contributed by atoms with van der Waals surface area (Å²) >= 11 is 0. The molecule has 0 amide bonds. The van der Waals surface area contributed by atoms with Gasteiger partial charge in [0.15, 0.2) is 0 Å². The zero-order chi connectivity index (χ0) is 12.3. The molecular formula is C9H9F3N2O2. The van der Waals surface area contributed by atoms with Gasteiger partial charge in [0.25, 0.3) is 12.1 Å². The summed E-state index contributed by atoms with van der Waals surface area (Å²) < 4.78 is 37.6. The Bertz CT molecular complexity index is 398. The molecular weight excluding hydrogens is 225 g/mol. The summed E-state index contributed by atoms with van der Waals surface area (Å²) in [6, 6.07) is 1.55. The first-order valence-corrected chi connectivity index (χ1v) is 4.39. The number of hydrogen-bond acceptors (Lipinski definition) is 3. The lowest BCUT2D eigenvalue weighted by molar-refractivity contribution is -0.385. The first-order valence-electron chi connectivity index (χ1n) is 4.39. The van der Waals surface area contributed by atoms with Crippen LogP contribution in [-0.2, 0) is 6.42 Å². The molecule has 1 aromatic carbocycles. The standard InChI is InChI=1S/C9H9F3N2O2/c10-6-2-1-3-8(14(15)16)5(6)4-7(13)9(11)12/h1-3,7,9H,4,13H2. The average molecular weight is 234 g/mol. The smallest absolute Gasteiger partial charge is 0.275 e.